The Morgan fingerprint density at radius 3 is 2.72 bits per heavy atom. The number of benzene rings is 1. The van der Waals surface area contributed by atoms with Crippen molar-refractivity contribution in [2.24, 2.45) is 5.73 Å². The Labute approximate surface area is 144 Å². The van der Waals surface area contributed by atoms with Gasteiger partial charge in [-0.3, -0.25) is 9.97 Å². The molecule has 3 heterocycles. The third-order valence-corrected chi connectivity index (χ3v) is 4.09. The molecule has 0 amide bonds. The third kappa shape index (κ3) is 2.99. The minimum atomic E-state index is -0.378. The lowest BCUT2D eigenvalue weighted by molar-refractivity contribution is 0.613. The zero-order chi connectivity index (χ0) is 17.2. The molecule has 0 saturated carbocycles. The normalized spacial score (nSPS) is 12.4. The van der Waals surface area contributed by atoms with Crippen LogP contribution in [0.2, 0.25) is 0 Å². The topological polar surface area (TPSA) is 69.6 Å². The highest BCUT2D eigenvalue weighted by atomic mass is 19.1. The second-order valence-electron chi connectivity index (χ2n) is 5.80. The van der Waals surface area contributed by atoms with Crippen LogP contribution in [0.25, 0.3) is 16.6 Å². The molecule has 0 aliphatic carbocycles. The Bertz CT molecular complexity index is 1010. The number of halogens is 1. The second kappa shape index (κ2) is 6.41. The van der Waals surface area contributed by atoms with Gasteiger partial charge in [-0.25, -0.2) is 9.07 Å². The van der Waals surface area contributed by atoms with Crippen molar-refractivity contribution in [3.8, 4) is 5.69 Å². The van der Waals surface area contributed by atoms with Crippen LogP contribution >= 0.6 is 0 Å². The SMILES string of the molecule is N[C@@H](Cc1ccc(F)cn1)c1ncccc1-n1ncc2ccccc21. The molecule has 124 valence electrons. The lowest BCUT2D eigenvalue weighted by Crippen LogP contribution is -2.18. The maximum absolute atomic E-state index is 13.0. The first kappa shape index (κ1) is 15.4. The molecule has 0 aliphatic rings. The summed E-state index contributed by atoms with van der Waals surface area (Å²) in [5.74, 6) is -0.362. The van der Waals surface area contributed by atoms with E-state index in [9.17, 15) is 4.39 Å². The quantitative estimate of drug-likeness (QED) is 0.623. The molecule has 0 radical (unpaired) electrons. The highest BCUT2D eigenvalue weighted by Crippen LogP contribution is 2.24. The van der Waals surface area contributed by atoms with Gasteiger partial charge in [0, 0.05) is 23.7 Å². The number of hydrogen-bond acceptors (Lipinski definition) is 4. The van der Waals surface area contributed by atoms with E-state index in [4.69, 9.17) is 5.73 Å². The summed E-state index contributed by atoms with van der Waals surface area (Å²) in [4.78, 5) is 8.55. The van der Waals surface area contributed by atoms with Crippen LogP contribution in [-0.2, 0) is 6.42 Å². The Hall–Kier alpha value is -3.12. The van der Waals surface area contributed by atoms with E-state index in [-0.39, 0.29) is 11.9 Å². The third-order valence-electron chi connectivity index (χ3n) is 4.09. The average molecular weight is 333 g/mol. The summed E-state index contributed by atoms with van der Waals surface area (Å²) in [6.07, 6.45) is 5.19. The number of nitrogens with two attached hydrogens (primary N) is 1. The number of fused-ring (bicyclic) bond motifs is 1. The number of para-hydroxylation sites is 1. The highest BCUT2D eigenvalue weighted by molar-refractivity contribution is 5.80. The smallest absolute Gasteiger partial charge is 0.141 e. The summed E-state index contributed by atoms with van der Waals surface area (Å²) < 4.78 is 14.9. The minimum absolute atomic E-state index is 0.362. The number of rotatable bonds is 4. The Morgan fingerprint density at radius 2 is 1.88 bits per heavy atom. The molecule has 25 heavy (non-hydrogen) atoms. The van der Waals surface area contributed by atoms with Gasteiger partial charge in [-0.15, -0.1) is 0 Å². The molecule has 4 aromatic rings. The molecule has 0 spiro atoms. The first-order valence-corrected chi connectivity index (χ1v) is 7.96. The molecule has 4 rings (SSSR count). The van der Waals surface area contributed by atoms with E-state index in [1.807, 2.05) is 47.3 Å². The largest absolute Gasteiger partial charge is 0.322 e. The minimum Gasteiger partial charge on any atom is -0.322 e. The van der Waals surface area contributed by atoms with E-state index < -0.39 is 0 Å². The van der Waals surface area contributed by atoms with Crippen molar-refractivity contribution < 1.29 is 4.39 Å². The van der Waals surface area contributed by atoms with Gasteiger partial charge in [0.15, 0.2) is 0 Å². The van der Waals surface area contributed by atoms with E-state index in [0.717, 1.165) is 28.0 Å². The van der Waals surface area contributed by atoms with Gasteiger partial charge < -0.3 is 5.73 Å². The zero-order valence-corrected chi connectivity index (χ0v) is 13.4. The van der Waals surface area contributed by atoms with Crippen LogP contribution in [0.4, 0.5) is 4.39 Å². The van der Waals surface area contributed by atoms with Crippen LogP contribution in [0.1, 0.15) is 17.4 Å². The summed E-state index contributed by atoms with van der Waals surface area (Å²) in [6, 6.07) is 14.4. The number of aromatic nitrogens is 4. The Kier molecular flexibility index (Phi) is 3.95. The van der Waals surface area contributed by atoms with Crippen LogP contribution in [0.5, 0.6) is 0 Å². The predicted octanol–water partition coefficient (Wildman–Crippen LogP) is 3.20. The van der Waals surface area contributed by atoms with E-state index >= 15 is 0 Å². The van der Waals surface area contributed by atoms with Gasteiger partial charge in [-0.05, 0) is 30.3 Å². The molecule has 2 N–H and O–H groups in total. The molecule has 0 bridgehead atoms. The standard InChI is InChI=1S/C19H16FN5/c20-14-7-8-15(23-12-14)10-16(21)19-18(6-3-9-22-19)25-17-5-2-1-4-13(17)11-24-25/h1-9,11-12,16H,10,21H2/t16-/m0/s1. The molecule has 0 aliphatic heterocycles. The summed E-state index contributed by atoms with van der Waals surface area (Å²) in [7, 11) is 0. The van der Waals surface area contributed by atoms with Gasteiger partial charge in [0.25, 0.3) is 0 Å². The fraction of sp³-hybridized carbons (Fsp3) is 0.105. The molecular weight excluding hydrogens is 317 g/mol. The maximum atomic E-state index is 13.0. The maximum Gasteiger partial charge on any atom is 0.141 e. The van der Waals surface area contributed by atoms with E-state index in [1.54, 1.807) is 12.3 Å². The molecule has 1 atom stereocenters. The fourth-order valence-corrected chi connectivity index (χ4v) is 2.89. The van der Waals surface area contributed by atoms with Crippen molar-refractivity contribution in [2.45, 2.75) is 12.5 Å². The first-order valence-electron chi connectivity index (χ1n) is 7.96. The van der Waals surface area contributed by atoms with Gasteiger partial charge in [-0.2, -0.15) is 5.10 Å². The molecule has 1 aromatic carbocycles. The summed E-state index contributed by atoms with van der Waals surface area (Å²) in [6.45, 7) is 0. The van der Waals surface area contributed by atoms with E-state index in [2.05, 4.69) is 15.1 Å². The van der Waals surface area contributed by atoms with Gasteiger partial charge >= 0.3 is 0 Å². The van der Waals surface area contributed by atoms with E-state index in [1.165, 1.54) is 12.3 Å². The lowest BCUT2D eigenvalue weighted by atomic mass is 10.1. The summed E-state index contributed by atoms with van der Waals surface area (Å²) >= 11 is 0. The molecule has 0 saturated heterocycles. The monoisotopic (exact) mass is 333 g/mol. The fourth-order valence-electron chi connectivity index (χ4n) is 2.89. The Morgan fingerprint density at radius 1 is 1.00 bits per heavy atom. The first-order chi connectivity index (χ1) is 12.2. The van der Waals surface area contributed by atoms with Crippen molar-refractivity contribution in [2.75, 3.05) is 0 Å². The number of pyridine rings is 2. The molecule has 0 unspecified atom stereocenters. The average Bonchev–Trinajstić information content (AvgIpc) is 3.07. The van der Waals surface area contributed by atoms with Crippen molar-refractivity contribution in [1.82, 2.24) is 19.7 Å². The van der Waals surface area contributed by atoms with Crippen LogP contribution < -0.4 is 5.73 Å². The van der Waals surface area contributed by atoms with Crippen molar-refractivity contribution in [1.29, 1.82) is 0 Å². The molecular formula is C19H16FN5. The van der Waals surface area contributed by atoms with Crippen LogP contribution in [0, 0.1) is 5.82 Å². The molecule has 6 heteroatoms. The summed E-state index contributed by atoms with van der Waals surface area (Å²) in [5, 5.41) is 5.53. The van der Waals surface area contributed by atoms with Gasteiger partial charge in [-0.1, -0.05) is 18.2 Å². The molecule has 0 fully saturated rings. The zero-order valence-electron chi connectivity index (χ0n) is 13.4. The highest BCUT2D eigenvalue weighted by Gasteiger charge is 2.17. The van der Waals surface area contributed by atoms with Gasteiger partial charge in [0.05, 0.1) is 35.3 Å². The van der Waals surface area contributed by atoms with Crippen molar-refractivity contribution in [3.05, 3.63) is 84.3 Å². The van der Waals surface area contributed by atoms with Gasteiger partial charge in [0.2, 0.25) is 0 Å². The van der Waals surface area contributed by atoms with Crippen LogP contribution in [0.3, 0.4) is 0 Å². The molecule has 3 aromatic heterocycles. The van der Waals surface area contributed by atoms with E-state index in [0.29, 0.717) is 6.42 Å². The predicted molar refractivity (Wildman–Crippen MR) is 93.7 cm³/mol. The van der Waals surface area contributed by atoms with Crippen molar-refractivity contribution in [3.63, 3.8) is 0 Å². The molecule has 5 nitrogen and oxygen atoms in total. The van der Waals surface area contributed by atoms with Crippen molar-refractivity contribution >= 4 is 10.9 Å². The summed E-state index contributed by atoms with van der Waals surface area (Å²) in [5.41, 5.74) is 9.64. The lowest BCUT2D eigenvalue weighted by Gasteiger charge is -2.15. The van der Waals surface area contributed by atoms with Gasteiger partial charge in [0.1, 0.15) is 5.82 Å². The van der Waals surface area contributed by atoms with Crippen LogP contribution in [0.15, 0.2) is 67.1 Å². The number of nitrogens with zero attached hydrogens (tertiary/aromatic N) is 4. The Balaban J connectivity index is 1.72. The second-order valence-corrected chi connectivity index (χ2v) is 5.80. The van der Waals surface area contributed by atoms with Crippen LogP contribution in [-0.4, -0.2) is 19.7 Å². The number of hydrogen-bond donors (Lipinski definition) is 1.